The van der Waals surface area contributed by atoms with Crippen LogP contribution in [-0.4, -0.2) is 6.54 Å². The van der Waals surface area contributed by atoms with Crippen molar-refractivity contribution in [3.05, 3.63) is 36.3 Å². The molecule has 0 spiro atoms. The summed E-state index contributed by atoms with van der Waals surface area (Å²) in [6.45, 7) is 3.27. The van der Waals surface area contributed by atoms with Crippen molar-refractivity contribution in [2.24, 2.45) is 0 Å². The van der Waals surface area contributed by atoms with Crippen LogP contribution in [0.4, 0.5) is 0 Å². The van der Waals surface area contributed by atoms with Crippen molar-refractivity contribution in [2.75, 3.05) is 6.54 Å². The topological polar surface area (TPSA) is 24.1 Å². The van der Waals surface area contributed by atoms with Crippen molar-refractivity contribution in [1.82, 2.24) is 10.6 Å². The maximum Gasteiger partial charge on any atom is 0.103 e. The van der Waals surface area contributed by atoms with Gasteiger partial charge >= 0.3 is 0 Å². The van der Waals surface area contributed by atoms with E-state index < -0.39 is 0 Å². The minimum Gasteiger partial charge on any atom is -0.372 e. The van der Waals surface area contributed by atoms with E-state index in [4.69, 9.17) is 0 Å². The highest BCUT2D eigenvalue weighted by atomic mass is 15.1. The largest absolute Gasteiger partial charge is 0.372 e. The molecule has 2 nitrogen and oxygen atoms in total. The van der Waals surface area contributed by atoms with Gasteiger partial charge in [0.25, 0.3) is 0 Å². The summed E-state index contributed by atoms with van der Waals surface area (Å²) in [5, 5.41) is 6.51. The van der Waals surface area contributed by atoms with E-state index in [2.05, 4.69) is 17.6 Å². The van der Waals surface area contributed by atoms with Gasteiger partial charge in [-0.25, -0.2) is 0 Å². The van der Waals surface area contributed by atoms with Gasteiger partial charge in [-0.15, -0.1) is 0 Å². The molecule has 0 aromatic rings. The SMILES string of the molecule is CCCCCNC1=CC=CC=CN1. The minimum atomic E-state index is 1.05. The van der Waals surface area contributed by atoms with Crippen molar-refractivity contribution in [3.8, 4) is 0 Å². The van der Waals surface area contributed by atoms with Crippen molar-refractivity contribution >= 4 is 0 Å². The lowest BCUT2D eigenvalue weighted by Crippen LogP contribution is -2.23. The predicted molar refractivity (Wildman–Crippen MR) is 57.0 cm³/mol. The second-order valence-electron chi connectivity index (χ2n) is 3.10. The van der Waals surface area contributed by atoms with Crippen LogP contribution in [0.25, 0.3) is 0 Å². The van der Waals surface area contributed by atoms with Crippen LogP contribution in [0, 0.1) is 0 Å². The standard InChI is InChI=1S/C11H18N2/c1-2-3-6-9-12-11-8-5-4-7-10-13-11/h4-5,7-8,10,12-13H,2-3,6,9H2,1H3. The Hall–Kier alpha value is -1.18. The molecule has 0 aliphatic carbocycles. The number of hydrogen-bond acceptors (Lipinski definition) is 2. The Morgan fingerprint density at radius 1 is 1.23 bits per heavy atom. The van der Waals surface area contributed by atoms with Crippen molar-refractivity contribution in [2.45, 2.75) is 26.2 Å². The summed E-state index contributed by atoms with van der Waals surface area (Å²) < 4.78 is 0. The van der Waals surface area contributed by atoms with E-state index in [1.54, 1.807) is 0 Å². The molecule has 0 saturated carbocycles. The predicted octanol–water partition coefficient (Wildman–Crippen LogP) is 2.28. The van der Waals surface area contributed by atoms with Crippen LogP contribution >= 0.6 is 0 Å². The van der Waals surface area contributed by atoms with Crippen molar-refractivity contribution < 1.29 is 0 Å². The molecule has 0 amide bonds. The fraction of sp³-hybridized carbons (Fsp3) is 0.455. The molecule has 0 bridgehead atoms. The maximum atomic E-state index is 3.34. The van der Waals surface area contributed by atoms with Crippen LogP contribution in [0.5, 0.6) is 0 Å². The minimum absolute atomic E-state index is 1.05. The van der Waals surface area contributed by atoms with Gasteiger partial charge in [0, 0.05) is 12.7 Å². The van der Waals surface area contributed by atoms with E-state index in [1.165, 1.54) is 19.3 Å². The van der Waals surface area contributed by atoms with Crippen LogP contribution in [0.2, 0.25) is 0 Å². The Morgan fingerprint density at radius 2 is 2.15 bits per heavy atom. The zero-order valence-corrected chi connectivity index (χ0v) is 8.22. The first-order valence-corrected chi connectivity index (χ1v) is 4.97. The zero-order valence-electron chi connectivity index (χ0n) is 8.22. The lowest BCUT2D eigenvalue weighted by atomic mass is 10.2. The second-order valence-corrected chi connectivity index (χ2v) is 3.10. The van der Waals surface area contributed by atoms with Gasteiger partial charge in [-0.1, -0.05) is 31.9 Å². The van der Waals surface area contributed by atoms with Crippen LogP contribution in [0.3, 0.4) is 0 Å². The third-order valence-corrected chi connectivity index (χ3v) is 1.92. The highest BCUT2D eigenvalue weighted by molar-refractivity contribution is 5.19. The Balaban J connectivity index is 2.17. The molecule has 0 saturated heterocycles. The van der Waals surface area contributed by atoms with Crippen LogP contribution in [-0.2, 0) is 0 Å². The highest BCUT2D eigenvalue weighted by Crippen LogP contribution is 1.95. The summed E-state index contributed by atoms with van der Waals surface area (Å²) >= 11 is 0. The number of nitrogens with one attached hydrogen (secondary N) is 2. The molecule has 1 rings (SSSR count). The van der Waals surface area contributed by atoms with Crippen LogP contribution < -0.4 is 10.6 Å². The van der Waals surface area contributed by atoms with Gasteiger partial charge in [0.1, 0.15) is 5.82 Å². The Bertz CT molecular complexity index is 214. The maximum absolute atomic E-state index is 3.34. The number of allylic oxidation sites excluding steroid dienone is 4. The first-order chi connectivity index (χ1) is 6.43. The Morgan fingerprint density at radius 3 is 3.00 bits per heavy atom. The van der Waals surface area contributed by atoms with Gasteiger partial charge in [0.2, 0.25) is 0 Å². The molecule has 1 heterocycles. The molecule has 1 aliphatic rings. The third-order valence-electron chi connectivity index (χ3n) is 1.92. The summed E-state index contributed by atoms with van der Waals surface area (Å²) in [7, 11) is 0. The van der Waals surface area contributed by atoms with Crippen LogP contribution in [0.15, 0.2) is 36.3 Å². The Labute approximate surface area is 80.4 Å². The van der Waals surface area contributed by atoms with E-state index in [9.17, 15) is 0 Å². The smallest absolute Gasteiger partial charge is 0.103 e. The molecule has 0 aromatic carbocycles. The summed E-state index contributed by atoms with van der Waals surface area (Å²) in [4.78, 5) is 0. The molecule has 13 heavy (non-hydrogen) atoms. The highest BCUT2D eigenvalue weighted by Gasteiger charge is 1.92. The fourth-order valence-corrected chi connectivity index (χ4v) is 1.17. The normalized spacial score (nSPS) is 14.7. The molecule has 72 valence electrons. The molecule has 0 radical (unpaired) electrons. The molecule has 1 aliphatic heterocycles. The summed E-state index contributed by atoms with van der Waals surface area (Å²) in [5.41, 5.74) is 0. The van der Waals surface area contributed by atoms with E-state index in [0.717, 1.165) is 12.4 Å². The third kappa shape index (κ3) is 4.41. The van der Waals surface area contributed by atoms with Crippen LogP contribution in [0.1, 0.15) is 26.2 Å². The fourth-order valence-electron chi connectivity index (χ4n) is 1.17. The lowest BCUT2D eigenvalue weighted by molar-refractivity contribution is 0.651. The molecule has 2 N–H and O–H groups in total. The average molecular weight is 178 g/mol. The van der Waals surface area contributed by atoms with Gasteiger partial charge < -0.3 is 10.6 Å². The summed E-state index contributed by atoms with van der Waals surface area (Å²) in [5.74, 6) is 1.08. The van der Waals surface area contributed by atoms with Gasteiger partial charge in [-0.05, 0) is 18.6 Å². The molecular formula is C11H18N2. The van der Waals surface area contributed by atoms with E-state index >= 15 is 0 Å². The summed E-state index contributed by atoms with van der Waals surface area (Å²) in [6, 6.07) is 0. The number of rotatable bonds is 5. The van der Waals surface area contributed by atoms with Gasteiger partial charge in [0.05, 0.1) is 0 Å². The molecule has 0 atom stereocenters. The summed E-state index contributed by atoms with van der Waals surface area (Å²) in [6.07, 6.45) is 13.8. The van der Waals surface area contributed by atoms with Crippen molar-refractivity contribution in [1.29, 1.82) is 0 Å². The molecular weight excluding hydrogens is 160 g/mol. The molecule has 0 unspecified atom stereocenters. The first-order valence-electron chi connectivity index (χ1n) is 4.97. The molecule has 0 aromatic heterocycles. The van der Waals surface area contributed by atoms with E-state index in [1.807, 2.05) is 30.5 Å². The van der Waals surface area contributed by atoms with E-state index in [0.29, 0.717) is 0 Å². The van der Waals surface area contributed by atoms with Gasteiger partial charge in [-0.2, -0.15) is 0 Å². The first kappa shape index (κ1) is 9.90. The average Bonchev–Trinajstić information content (AvgIpc) is 2.41. The molecule has 2 heteroatoms. The second kappa shape index (κ2) is 6.35. The van der Waals surface area contributed by atoms with Crippen molar-refractivity contribution in [3.63, 3.8) is 0 Å². The monoisotopic (exact) mass is 178 g/mol. The lowest BCUT2D eigenvalue weighted by Gasteiger charge is -2.08. The zero-order chi connectivity index (χ0) is 9.36. The van der Waals surface area contributed by atoms with Gasteiger partial charge in [0.15, 0.2) is 0 Å². The van der Waals surface area contributed by atoms with E-state index in [-0.39, 0.29) is 0 Å². The Kier molecular flexibility index (Phi) is 4.84. The quantitative estimate of drug-likeness (QED) is 0.631. The van der Waals surface area contributed by atoms with Gasteiger partial charge in [-0.3, -0.25) is 0 Å². The number of hydrogen-bond donors (Lipinski definition) is 2. The number of unbranched alkanes of at least 4 members (excludes halogenated alkanes) is 2. The molecule has 0 fully saturated rings.